The number of amides is 3. The van der Waals surface area contributed by atoms with Crippen molar-refractivity contribution in [1.29, 1.82) is 0 Å². The molecule has 2 N–H and O–H groups in total. The van der Waals surface area contributed by atoms with Gasteiger partial charge in [0.25, 0.3) is 0 Å². The fraction of sp³-hybridized carbons (Fsp3) is 0.538. The van der Waals surface area contributed by atoms with Crippen molar-refractivity contribution in [3.8, 4) is 0 Å². The minimum Gasteiger partial charge on any atom is -0.351 e. The number of hydrogen-bond donors (Lipinski definition) is 1. The minimum atomic E-state index is -0.482. The van der Waals surface area contributed by atoms with Crippen molar-refractivity contribution in [2.75, 3.05) is 13.1 Å². The largest absolute Gasteiger partial charge is 0.351 e. The average molecular weight is 279 g/mol. The summed E-state index contributed by atoms with van der Waals surface area (Å²) >= 11 is 1.75. The fourth-order valence-electron chi connectivity index (χ4n) is 2.93. The molecule has 2 aliphatic rings. The first-order valence-corrected chi connectivity index (χ1v) is 7.45. The van der Waals surface area contributed by atoms with Crippen molar-refractivity contribution >= 4 is 23.3 Å². The Morgan fingerprint density at radius 2 is 2.21 bits per heavy atom. The van der Waals surface area contributed by atoms with Crippen molar-refractivity contribution in [3.63, 3.8) is 0 Å². The van der Waals surface area contributed by atoms with Crippen LogP contribution in [0.15, 0.2) is 11.4 Å². The van der Waals surface area contributed by atoms with E-state index in [2.05, 4.69) is 11.4 Å². The second kappa shape index (κ2) is 4.85. The molecule has 0 radical (unpaired) electrons. The van der Waals surface area contributed by atoms with Gasteiger partial charge in [-0.3, -0.25) is 4.79 Å². The Balaban J connectivity index is 1.73. The minimum absolute atomic E-state index is 0.0492. The van der Waals surface area contributed by atoms with Gasteiger partial charge in [-0.15, -0.1) is 11.3 Å². The number of fused-ring (bicyclic) bond motifs is 1. The van der Waals surface area contributed by atoms with Crippen molar-refractivity contribution < 1.29 is 9.59 Å². The Hall–Kier alpha value is -1.56. The second-order valence-corrected chi connectivity index (χ2v) is 6.07. The molecular formula is C13H17N3O2S. The van der Waals surface area contributed by atoms with Gasteiger partial charge in [-0.2, -0.15) is 0 Å². The topological polar surface area (TPSA) is 66.6 Å². The first kappa shape index (κ1) is 12.5. The van der Waals surface area contributed by atoms with Crippen LogP contribution in [0.5, 0.6) is 0 Å². The van der Waals surface area contributed by atoms with E-state index >= 15 is 0 Å². The van der Waals surface area contributed by atoms with Crippen LogP contribution in [0, 0.1) is 0 Å². The van der Waals surface area contributed by atoms with E-state index in [0.29, 0.717) is 13.1 Å². The molecule has 0 bridgehead atoms. The highest BCUT2D eigenvalue weighted by Gasteiger charge is 2.36. The van der Waals surface area contributed by atoms with Gasteiger partial charge in [-0.1, -0.05) is 0 Å². The molecule has 1 aromatic rings. The summed E-state index contributed by atoms with van der Waals surface area (Å²) in [6.07, 6.45) is 2.51. The van der Waals surface area contributed by atoms with Gasteiger partial charge in [0.05, 0.1) is 0 Å². The lowest BCUT2D eigenvalue weighted by molar-refractivity contribution is -0.136. The molecule has 0 spiro atoms. The number of hydrogen-bond acceptors (Lipinski definition) is 3. The first-order valence-electron chi connectivity index (χ1n) is 6.57. The summed E-state index contributed by atoms with van der Waals surface area (Å²) in [7, 11) is 0. The molecule has 3 heterocycles. The SMILES string of the molecule is NC(=O)N1CCC[C@H]1C(=O)N1CCc2sccc2C1. The number of nitrogens with two attached hydrogens (primary N) is 1. The predicted molar refractivity (Wildman–Crippen MR) is 72.8 cm³/mol. The van der Waals surface area contributed by atoms with E-state index in [1.165, 1.54) is 15.3 Å². The van der Waals surface area contributed by atoms with Crippen LogP contribution in [0.4, 0.5) is 4.79 Å². The Labute approximate surface area is 116 Å². The molecule has 102 valence electrons. The van der Waals surface area contributed by atoms with Gasteiger partial charge in [-0.25, -0.2) is 4.79 Å². The molecule has 19 heavy (non-hydrogen) atoms. The van der Waals surface area contributed by atoms with E-state index in [-0.39, 0.29) is 11.9 Å². The van der Waals surface area contributed by atoms with Gasteiger partial charge in [0, 0.05) is 24.5 Å². The quantitative estimate of drug-likeness (QED) is 0.838. The molecular weight excluding hydrogens is 262 g/mol. The number of carbonyl (C=O) groups is 2. The number of primary amides is 1. The highest BCUT2D eigenvalue weighted by Crippen LogP contribution is 2.26. The third-order valence-electron chi connectivity index (χ3n) is 3.94. The molecule has 1 aromatic heterocycles. The van der Waals surface area contributed by atoms with Crippen molar-refractivity contribution in [2.24, 2.45) is 5.73 Å². The lowest BCUT2D eigenvalue weighted by Gasteiger charge is -2.32. The number of urea groups is 1. The Bertz CT molecular complexity index is 514. The Kier molecular flexibility index (Phi) is 3.18. The number of rotatable bonds is 1. The number of thiophene rings is 1. The van der Waals surface area contributed by atoms with Gasteiger partial charge < -0.3 is 15.5 Å². The maximum Gasteiger partial charge on any atom is 0.315 e. The van der Waals surface area contributed by atoms with Gasteiger partial charge in [-0.05, 0) is 36.3 Å². The third kappa shape index (κ3) is 2.20. The maximum atomic E-state index is 12.5. The monoisotopic (exact) mass is 279 g/mol. The normalized spacial score (nSPS) is 22.4. The van der Waals surface area contributed by atoms with Crippen molar-refractivity contribution in [3.05, 3.63) is 21.9 Å². The van der Waals surface area contributed by atoms with Crippen LogP contribution in [-0.2, 0) is 17.8 Å². The van der Waals surface area contributed by atoms with E-state index in [1.54, 1.807) is 11.3 Å². The second-order valence-electron chi connectivity index (χ2n) is 5.07. The van der Waals surface area contributed by atoms with Crippen molar-refractivity contribution in [1.82, 2.24) is 9.80 Å². The van der Waals surface area contributed by atoms with Crippen LogP contribution < -0.4 is 5.73 Å². The zero-order valence-corrected chi connectivity index (χ0v) is 11.5. The summed E-state index contributed by atoms with van der Waals surface area (Å²) in [5.41, 5.74) is 6.58. The molecule has 0 aromatic carbocycles. The molecule has 0 unspecified atom stereocenters. The van der Waals surface area contributed by atoms with Crippen LogP contribution in [0.1, 0.15) is 23.3 Å². The number of carbonyl (C=O) groups excluding carboxylic acids is 2. The molecule has 6 heteroatoms. The summed E-state index contributed by atoms with van der Waals surface area (Å²) in [6.45, 7) is 2.01. The van der Waals surface area contributed by atoms with E-state index in [0.717, 1.165) is 25.8 Å². The van der Waals surface area contributed by atoms with Crippen LogP contribution in [0.2, 0.25) is 0 Å². The standard InChI is InChI=1S/C13H17N3O2S/c14-13(18)16-5-1-2-10(16)12(17)15-6-3-11-9(8-15)4-7-19-11/h4,7,10H,1-3,5-6,8H2,(H2,14,18)/t10-/m0/s1. The predicted octanol–water partition coefficient (Wildman–Crippen LogP) is 1.18. The van der Waals surface area contributed by atoms with Gasteiger partial charge in [0.1, 0.15) is 6.04 Å². The highest BCUT2D eigenvalue weighted by molar-refractivity contribution is 7.10. The summed E-state index contributed by atoms with van der Waals surface area (Å²) < 4.78 is 0. The first-order chi connectivity index (χ1) is 9.16. The molecule has 0 saturated carbocycles. The van der Waals surface area contributed by atoms with Gasteiger partial charge in [0.2, 0.25) is 5.91 Å². The molecule has 1 saturated heterocycles. The third-order valence-corrected chi connectivity index (χ3v) is 4.96. The number of nitrogens with zero attached hydrogens (tertiary/aromatic N) is 2. The molecule has 0 aliphatic carbocycles. The van der Waals surface area contributed by atoms with E-state index < -0.39 is 6.03 Å². The van der Waals surface area contributed by atoms with Crippen LogP contribution in [0.3, 0.4) is 0 Å². The molecule has 2 aliphatic heterocycles. The van der Waals surface area contributed by atoms with E-state index in [1.807, 2.05) is 4.90 Å². The van der Waals surface area contributed by atoms with Gasteiger partial charge in [0.15, 0.2) is 0 Å². The zero-order valence-electron chi connectivity index (χ0n) is 10.7. The number of likely N-dealkylation sites (tertiary alicyclic amines) is 1. The van der Waals surface area contributed by atoms with E-state index in [4.69, 9.17) is 5.73 Å². The summed E-state index contributed by atoms with van der Waals surface area (Å²) in [4.78, 5) is 28.6. The fourth-order valence-corrected chi connectivity index (χ4v) is 3.82. The van der Waals surface area contributed by atoms with Crippen molar-refractivity contribution in [2.45, 2.75) is 31.8 Å². The van der Waals surface area contributed by atoms with Gasteiger partial charge >= 0.3 is 6.03 Å². The smallest absolute Gasteiger partial charge is 0.315 e. The summed E-state index contributed by atoms with van der Waals surface area (Å²) in [5, 5.41) is 2.07. The summed E-state index contributed by atoms with van der Waals surface area (Å²) in [5.74, 6) is 0.0492. The van der Waals surface area contributed by atoms with Crippen LogP contribution >= 0.6 is 11.3 Å². The van der Waals surface area contributed by atoms with E-state index in [9.17, 15) is 9.59 Å². The molecule has 1 atom stereocenters. The lowest BCUT2D eigenvalue weighted by atomic mass is 10.1. The zero-order chi connectivity index (χ0) is 13.4. The van der Waals surface area contributed by atoms with Crippen LogP contribution in [0.25, 0.3) is 0 Å². The average Bonchev–Trinajstić information content (AvgIpc) is 3.05. The lowest BCUT2D eigenvalue weighted by Crippen LogP contribution is -2.50. The maximum absolute atomic E-state index is 12.5. The Morgan fingerprint density at radius 3 is 3.00 bits per heavy atom. The molecule has 5 nitrogen and oxygen atoms in total. The molecule has 3 amide bonds. The van der Waals surface area contributed by atoms with Crippen LogP contribution in [-0.4, -0.2) is 40.9 Å². The Morgan fingerprint density at radius 1 is 1.37 bits per heavy atom. The molecule has 3 rings (SSSR count). The molecule has 1 fully saturated rings. The summed E-state index contributed by atoms with van der Waals surface area (Å²) in [6, 6.07) is 1.25. The highest BCUT2D eigenvalue weighted by atomic mass is 32.1.